The van der Waals surface area contributed by atoms with Gasteiger partial charge in [-0.15, -0.1) is 11.3 Å². The van der Waals surface area contributed by atoms with Crippen molar-refractivity contribution in [2.24, 2.45) is 5.10 Å². The SMILES string of the molecule is CCOc1cc(C=NNc2nc(N)cs2)ccc1OCC(=O)NC(C)c1ccccc1. The topological polar surface area (TPSA) is 111 Å². The first-order valence-corrected chi connectivity index (χ1v) is 10.7. The standard InChI is InChI=1S/C22H25N5O3S/c1-3-29-19-11-16(12-24-27-22-26-20(23)14-31-22)9-10-18(19)30-13-21(28)25-15(2)17-7-5-4-6-8-17/h4-12,14-15H,3,13,23H2,1-2H3,(H,25,28)(H,26,27). The van der Waals surface area contributed by atoms with Crippen LogP contribution in [0.5, 0.6) is 11.5 Å². The van der Waals surface area contributed by atoms with Gasteiger partial charge in [-0.3, -0.25) is 10.2 Å². The maximum absolute atomic E-state index is 12.3. The van der Waals surface area contributed by atoms with Crippen molar-refractivity contribution in [1.82, 2.24) is 10.3 Å². The number of benzene rings is 2. The zero-order valence-electron chi connectivity index (χ0n) is 17.4. The van der Waals surface area contributed by atoms with Crippen LogP contribution in [0.3, 0.4) is 0 Å². The van der Waals surface area contributed by atoms with E-state index in [1.165, 1.54) is 11.3 Å². The summed E-state index contributed by atoms with van der Waals surface area (Å²) in [5.41, 5.74) is 10.2. The molecule has 2 aromatic carbocycles. The van der Waals surface area contributed by atoms with Crippen LogP contribution in [0.15, 0.2) is 59.0 Å². The molecule has 1 aromatic heterocycles. The van der Waals surface area contributed by atoms with E-state index >= 15 is 0 Å². The third-order valence-corrected chi connectivity index (χ3v) is 4.96. The number of rotatable bonds is 10. The molecule has 1 heterocycles. The number of hydrogen-bond donors (Lipinski definition) is 3. The van der Waals surface area contributed by atoms with Gasteiger partial charge < -0.3 is 20.5 Å². The van der Waals surface area contributed by atoms with Gasteiger partial charge in [-0.1, -0.05) is 30.3 Å². The van der Waals surface area contributed by atoms with Gasteiger partial charge >= 0.3 is 0 Å². The third-order valence-electron chi connectivity index (χ3n) is 4.20. The number of aromatic nitrogens is 1. The lowest BCUT2D eigenvalue weighted by molar-refractivity contribution is -0.123. The fourth-order valence-corrected chi connectivity index (χ4v) is 3.29. The first-order valence-electron chi connectivity index (χ1n) is 9.79. The first kappa shape index (κ1) is 22.1. The van der Waals surface area contributed by atoms with Crippen LogP contribution in [-0.2, 0) is 4.79 Å². The molecule has 0 aliphatic heterocycles. The maximum atomic E-state index is 12.3. The van der Waals surface area contributed by atoms with Crippen LogP contribution in [-0.4, -0.2) is 30.3 Å². The van der Waals surface area contributed by atoms with Gasteiger partial charge in [0, 0.05) is 5.38 Å². The van der Waals surface area contributed by atoms with Crippen molar-refractivity contribution in [3.8, 4) is 11.5 Å². The van der Waals surface area contributed by atoms with Gasteiger partial charge in [-0.05, 0) is 43.2 Å². The highest BCUT2D eigenvalue weighted by molar-refractivity contribution is 7.14. The van der Waals surface area contributed by atoms with Crippen molar-refractivity contribution in [1.29, 1.82) is 0 Å². The number of hydrazone groups is 1. The second kappa shape index (κ2) is 11.0. The minimum Gasteiger partial charge on any atom is -0.490 e. The van der Waals surface area contributed by atoms with Crippen LogP contribution < -0.4 is 25.9 Å². The summed E-state index contributed by atoms with van der Waals surface area (Å²) in [5, 5.41) is 9.41. The van der Waals surface area contributed by atoms with Crippen molar-refractivity contribution in [2.75, 3.05) is 24.4 Å². The van der Waals surface area contributed by atoms with E-state index in [2.05, 4.69) is 20.8 Å². The molecule has 0 radical (unpaired) electrons. The fraction of sp³-hybridized carbons (Fsp3) is 0.227. The van der Waals surface area contributed by atoms with Gasteiger partial charge in [-0.2, -0.15) is 5.10 Å². The largest absolute Gasteiger partial charge is 0.490 e. The Morgan fingerprint density at radius 3 is 2.74 bits per heavy atom. The molecular formula is C22H25N5O3S. The molecule has 4 N–H and O–H groups in total. The Morgan fingerprint density at radius 2 is 2.03 bits per heavy atom. The number of anilines is 2. The van der Waals surface area contributed by atoms with Gasteiger partial charge in [0.1, 0.15) is 5.82 Å². The van der Waals surface area contributed by atoms with E-state index in [9.17, 15) is 4.79 Å². The number of carbonyl (C=O) groups is 1. The number of amides is 1. The van der Waals surface area contributed by atoms with Crippen molar-refractivity contribution in [3.63, 3.8) is 0 Å². The highest BCUT2D eigenvalue weighted by atomic mass is 32.1. The summed E-state index contributed by atoms with van der Waals surface area (Å²) < 4.78 is 11.4. The molecule has 0 bridgehead atoms. The summed E-state index contributed by atoms with van der Waals surface area (Å²) in [6.45, 7) is 4.16. The molecule has 31 heavy (non-hydrogen) atoms. The molecule has 0 saturated carbocycles. The second-order valence-electron chi connectivity index (χ2n) is 6.58. The molecule has 3 aromatic rings. The summed E-state index contributed by atoms with van der Waals surface area (Å²) in [6, 6.07) is 15.0. The zero-order chi connectivity index (χ0) is 22.1. The van der Waals surface area contributed by atoms with Crippen LogP contribution in [0.25, 0.3) is 0 Å². The number of ether oxygens (including phenoxy) is 2. The number of nitrogens with two attached hydrogens (primary N) is 1. The molecule has 0 aliphatic carbocycles. The number of hydrogen-bond acceptors (Lipinski definition) is 8. The Labute approximate surface area is 185 Å². The fourth-order valence-electron chi connectivity index (χ4n) is 2.74. The summed E-state index contributed by atoms with van der Waals surface area (Å²) in [6.07, 6.45) is 1.64. The summed E-state index contributed by atoms with van der Waals surface area (Å²) in [4.78, 5) is 16.4. The van der Waals surface area contributed by atoms with E-state index < -0.39 is 0 Å². The zero-order valence-corrected chi connectivity index (χ0v) is 18.2. The lowest BCUT2D eigenvalue weighted by atomic mass is 10.1. The predicted octanol–water partition coefficient (Wildman–Crippen LogP) is 3.83. The minimum absolute atomic E-state index is 0.108. The van der Waals surface area contributed by atoms with Crippen LogP contribution in [0.1, 0.15) is 31.0 Å². The van der Waals surface area contributed by atoms with Crippen molar-refractivity contribution >= 4 is 34.4 Å². The number of thiazole rings is 1. The summed E-state index contributed by atoms with van der Waals surface area (Å²) in [7, 11) is 0. The number of nitrogen functional groups attached to an aromatic ring is 1. The Hall–Kier alpha value is -3.59. The Bertz CT molecular complexity index is 1020. The minimum atomic E-state index is -0.212. The third kappa shape index (κ3) is 6.71. The first-order chi connectivity index (χ1) is 15.0. The van der Waals surface area contributed by atoms with Crippen LogP contribution in [0.2, 0.25) is 0 Å². The van der Waals surface area contributed by atoms with Gasteiger partial charge in [0.2, 0.25) is 5.13 Å². The molecule has 8 nitrogen and oxygen atoms in total. The maximum Gasteiger partial charge on any atom is 0.258 e. The molecule has 0 spiro atoms. The van der Waals surface area contributed by atoms with Crippen LogP contribution >= 0.6 is 11.3 Å². The Morgan fingerprint density at radius 1 is 1.23 bits per heavy atom. The molecular weight excluding hydrogens is 414 g/mol. The predicted molar refractivity (Wildman–Crippen MR) is 124 cm³/mol. The molecule has 0 aliphatic rings. The highest BCUT2D eigenvalue weighted by Crippen LogP contribution is 2.28. The van der Waals surface area contributed by atoms with Crippen molar-refractivity contribution < 1.29 is 14.3 Å². The Kier molecular flexibility index (Phi) is 7.83. The lowest BCUT2D eigenvalue weighted by Crippen LogP contribution is -2.31. The van der Waals surface area contributed by atoms with Crippen molar-refractivity contribution in [3.05, 3.63) is 65.0 Å². The van der Waals surface area contributed by atoms with Gasteiger partial charge in [0.15, 0.2) is 18.1 Å². The quantitative estimate of drug-likeness (QED) is 0.327. The molecule has 9 heteroatoms. The van der Waals surface area contributed by atoms with Gasteiger partial charge in [0.25, 0.3) is 5.91 Å². The molecule has 1 amide bonds. The molecule has 162 valence electrons. The average Bonchev–Trinajstić information content (AvgIpc) is 3.19. The van der Waals surface area contributed by atoms with E-state index in [0.717, 1.165) is 11.1 Å². The molecule has 3 rings (SSSR count). The molecule has 0 fully saturated rings. The van der Waals surface area contributed by atoms with E-state index in [1.807, 2.05) is 50.2 Å². The molecule has 0 saturated heterocycles. The van der Waals surface area contributed by atoms with Crippen LogP contribution in [0.4, 0.5) is 10.9 Å². The van der Waals surface area contributed by atoms with Crippen molar-refractivity contribution in [2.45, 2.75) is 19.9 Å². The monoisotopic (exact) mass is 439 g/mol. The van der Waals surface area contributed by atoms with E-state index in [0.29, 0.717) is 29.1 Å². The lowest BCUT2D eigenvalue weighted by Gasteiger charge is -2.16. The second-order valence-corrected chi connectivity index (χ2v) is 7.43. The number of nitrogens with one attached hydrogen (secondary N) is 2. The van der Waals surface area contributed by atoms with E-state index in [4.69, 9.17) is 15.2 Å². The number of carbonyl (C=O) groups excluding carboxylic acids is 1. The summed E-state index contributed by atoms with van der Waals surface area (Å²) in [5.74, 6) is 1.26. The molecule has 1 unspecified atom stereocenters. The Balaban J connectivity index is 1.58. The van der Waals surface area contributed by atoms with Gasteiger partial charge in [0.05, 0.1) is 18.9 Å². The van der Waals surface area contributed by atoms with Gasteiger partial charge in [-0.25, -0.2) is 4.98 Å². The average molecular weight is 440 g/mol. The van der Waals surface area contributed by atoms with Crippen LogP contribution in [0, 0.1) is 0 Å². The molecule has 1 atom stereocenters. The smallest absolute Gasteiger partial charge is 0.258 e. The summed E-state index contributed by atoms with van der Waals surface area (Å²) >= 11 is 1.37. The highest BCUT2D eigenvalue weighted by Gasteiger charge is 2.12. The van der Waals surface area contributed by atoms with E-state index in [1.54, 1.807) is 23.7 Å². The van der Waals surface area contributed by atoms with E-state index in [-0.39, 0.29) is 18.6 Å². The normalized spacial score (nSPS) is 11.8. The number of nitrogens with zero attached hydrogens (tertiary/aromatic N) is 2.